The van der Waals surface area contributed by atoms with E-state index in [1.807, 2.05) is 6.07 Å². The van der Waals surface area contributed by atoms with Gasteiger partial charge in [0.1, 0.15) is 11.4 Å². The fourth-order valence-electron chi connectivity index (χ4n) is 1.02. The van der Waals surface area contributed by atoms with Crippen LogP contribution in [0.25, 0.3) is 0 Å². The molecule has 0 fully saturated rings. The third-order valence-corrected chi connectivity index (χ3v) is 1.76. The van der Waals surface area contributed by atoms with Gasteiger partial charge in [0.05, 0.1) is 12.8 Å². The van der Waals surface area contributed by atoms with Crippen LogP contribution in [0.2, 0.25) is 0 Å². The Morgan fingerprint density at radius 3 is 3.00 bits per heavy atom. The standard InChI is InChI=1S/C9H12N4OS/c1-6(12-13-9(10)15)8-7(14-2)4-3-5-11-8/h3-5H,1-2H3,(H3,10,13,15)/b12-6+. The molecule has 5 nitrogen and oxygen atoms in total. The van der Waals surface area contributed by atoms with E-state index in [0.717, 1.165) is 0 Å². The highest BCUT2D eigenvalue weighted by molar-refractivity contribution is 7.80. The van der Waals surface area contributed by atoms with Gasteiger partial charge in [-0.15, -0.1) is 0 Å². The predicted molar refractivity (Wildman–Crippen MR) is 62.9 cm³/mol. The van der Waals surface area contributed by atoms with E-state index in [1.165, 1.54) is 0 Å². The summed E-state index contributed by atoms with van der Waals surface area (Å²) in [5.41, 5.74) is 9.06. The van der Waals surface area contributed by atoms with E-state index in [4.69, 9.17) is 10.5 Å². The lowest BCUT2D eigenvalue weighted by atomic mass is 10.2. The topological polar surface area (TPSA) is 72.5 Å². The number of rotatable bonds is 3. The summed E-state index contributed by atoms with van der Waals surface area (Å²) < 4.78 is 5.14. The highest BCUT2D eigenvalue weighted by Gasteiger charge is 2.06. The van der Waals surface area contributed by atoms with Gasteiger partial charge in [-0.3, -0.25) is 10.4 Å². The molecule has 0 aromatic carbocycles. The monoisotopic (exact) mass is 224 g/mol. The van der Waals surface area contributed by atoms with Crippen LogP contribution in [0.4, 0.5) is 0 Å². The van der Waals surface area contributed by atoms with Crippen molar-refractivity contribution >= 4 is 23.0 Å². The lowest BCUT2D eigenvalue weighted by Crippen LogP contribution is -2.25. The smallest absolute Gasteiger partial charge is 0.184 e. The summed E-state index contributed by atoms with van der Waals surface area (Å²) >= 11 is 4.63. The van der Waals surface area contributed by atoms with Crippen molar-refractivity contribution in [3.63, 3.8) is 0 Å². The number of nitrogens with one attached hydrogen (secondary N) is 1. The molecule has 0 bridgehead atoms. The van der Waals surface area contributed by atoms with E-state index in [1.54, 1.807) is 26.3 Å². The molecule has 0 atom stereocenters. The van der Waals surface area contributed by atoms with Crippen LogP contribution in [-0.2, 0) is 0 Å². The first-order valence-corrected chi connectivity index (χ1v) is 4.65. The molecule has 15 heavy (non-hydrogen) atoms. The van der Waals surface area contributed by atoms with Crippen LogP contribution in [0.15, 0.2) is 23.4 Å². The van der Waals surface area contributed by atoms with Gasteiger partial charge in [0.25, 0.3) is 0 Å². The maximum absolute atomic E-state index is 5.25. The molecule has 0 aliphatic rings. The van der Waals surface area contributed by atoms with Gasteiger partial charge in [-0.25, -0.2) is 0 Å². The Hall–Kier alpha value is -1.69. The quantitative estimate of drug-likeness (QED) is 0.448. The van der Waals surface area contributed by atoms with Crippen molar-refractivity contribution in [3.05, 3.63) is 24.0 Å². The number of ether oxygens (including phenoxy) is 1. The van der Waals surface area contributed by atoms with Crippen molar-refractivity contribution in [2.75, 3.05) is 7.11 Å². The minimum absolute atomic E-state index is 0.115. The molecule has 0 radical (unpaired) electrons. The number of nitrogens with two attached hydrogens (primary N) is 1. The second-order valence-corrected chi connectivity index (χ2v) is 3.17. The molecule has 0 aliphatic carbocycles. The van der Waals surface area contributed by atoms with Crippen molar-refractivity contribution in [1.82, 2.24) is 10.4 Å². The zero-order valence-electron chi connectivity index (χ0n) is 8.52. The zero-order valence-corrected chi connectivity index (χ0v) is 9.34. The third kappa shape index (κ3) is 3.17. The Morgan fingerprint density at radius 2 is 2.40 bits per heavy atom. The first-order valence-electron chi connectivity index (χ1n) is 4.24. The molecule has 1 heterocycles. The van der Waals surface area contributed by atoms with E-state index in [2.05, 4.69) is 27.7 Å². The molecule has 3 N–H and O–H groups in total. The molecular weight excluding hydrogens is 212 g/mol. The Labute approximate surface area is 93.3 Å². The van der Waals surface area contributed by atoms with Gasteiger partial charge in [-0.1, -0.05) is 0 Å². The van der Waals surface area contributed by atoms with Gasteiger partial charge in [-0.05, 0) is 31.3 Å². The number of pyridine rings is 1. The summed E-state index contributed by atoms with van der Waals surface area (Å²) in [6.07, 6.45) is 1.66. The molecule has 0 unspecified atom stereocenters. The first-order chi connectivity index (χ1) is 7.15. The number of methoxy groups -OCH3 is 1. The molecule has 0 aliphatic heterocycles. The van der Waals surface area contributed by atoms with E-state index in [-0.39, 0.29) is 5.11 Å². The fourth-order valence-corrected chi connectivity index (χ4v) is 1.06. The van der Waals surface area contributed by atoms with Gasteiger partial charge in [0.2, 0.25) is 0 Å². The molecule has 0 saturated heterocycles. The number of aromatic nitrogens is 1. The van der Waals surface area contributed by atoms with Crippen molar-refractivity contribution < 1.29 is 4.74 Å². The van der Waals surface area contributed by atoms with Gasteiger partial charge in [-0.2, -0.15) is 5.10 Å². The summed E-state index contributed by atoms with van der Waals surface area (Å²) in [4.78, 5) is 4.15. The van der Waals surface area contributed by atoms with Gasteiger partial charge in [0, 0.05) is 6.20 Å². The molecule has 0 saturated carbocycles. The van der Waals surface area contributed by atoms with Crippen LogP contribution in [-0.4, -0.2) is 22.9 Å². The van der Waals surface area contributed by atoms with Crippen molar-refractivity contribution in [3.8, 4) is 5.75 Å². The first kappa shape index (κ1) is 11.4. The highest BCUT2D eigenvalue weighted by Crippen LogP contribution is 2.14. The number of thiocarbonyl (C=S) groups is 1. The van der Waals surface area contributed by atoms with Crippen LogP contribution in [0.1, 0.15) is 12.6 Å². The Morgan fingerprint density at radius 1 is 1.67 bits per heavy atom. The molecule has 0 spiro atoms. The van der Waals surface area contributed by atoms with Crippen molar-refractivity contribution in [2.45, 2.75) is 6.92 Å². The molecule has 0 amide bonds. The summed E-state index contributed by atoms with van der Waals surface area (Å²) in [7, 11) is 1.58. The Balaban J connectivity index is 2.94. The predicted octanol–water partition coefficient (Wildman–Crippen LogP) is 0.647. The van der Waals surface area contributed by atoms with E-state index in [0.29, 0.717) is 17.2 Å². The van der Waals surface area contributed by atoms with Crippen LogP contribution in [0.3, 0.4) is 0 Å². The minimum Gasteiger partial charge on any atom is -0.494 e. The van der Waals surface area contributed by atoms with Crippen LogP contribution in [0.5, 0.6) is 5.75 Å². The average molecular weight is 224 g/mol. The molecule has 1 aromatic rings. The second kappa shape index (κ2) is 5.26. The van der Waals surface area contributed by atoms with Crippen LogP contribution >= 0.6 is 12.2 Å². The normalized spacial score (nSPS) is 10.9. The maximum Gasteiger partial charge on any atom is 0.184 e. The van der Waals surface area contributed by atoms with Gasteiger partial charge >= 0.3 is 0 Å². The van der Waals surface area contributed by atoms with Crippen molar-refractivity contribution in [2.24, 2.45) is 10.8 Å². The van der Waals surface area contributed by atoms with Crippen LogP contribution < -0.4 is 15.9 Å². The molecule has 1 rings (SSSR count). The molecular formula is C9H12N4OS. The van der Waals surface area contributed by atoms with Crippen LogP contribution in [0, 0.1) is 0 Å². The summed E-state index contributed by atoms with van der Waals surface area (Å²) in [6, 6.07) is 3.60. The molecule has 1 aromatic heterocycles. The Kier molecular flexibility index (Phi) is 3.99. The second-order valence-electron chi connectivity index (χ2n) is 2.73. The molecule has 80 valence electrons. The zero-order chi connectivity index (χ0) is 11.3. The highest BCUT2D eigenvalue weighted by atomic mass is 32.1. The average Bonchev–Trinajstić information content (AvgIpc) is 2.25. The number of hydrogen-bond acceptors (Lipinski definition) is 4. The lowest BCUT2D eigenvalue weighted by molar-refractivity contribution is 0.412. The minimum atomic E-state index is 0.115. The van der Waals surface area contributed by atoms with E-state index >= 15 is 0 Å². The summed E-state index contributed by atoms with van der Waals surface area (Å²) in [5.74, 6) is 0.656. The number of hydrazone groups is 1. The van der Waals surface area contributed by atoms with Gasteiger partial charge < -0.3 is 10.5 Å². The summed E-state index contributed by atoms with van der Waals surface area (Å²) in [6.45, 7) is 1.79. The molecule has 6 heteroatoms. The van der Waals surface area contributed by atoms with Crippen molar-refractivity contribution in [1.29, 1.82) is 0 Å². The number of nitrogens with zero attached hydrogens (tertiary/aromatic N) is 2. The Bertz CT molecular complexity index is 391. The third-order valence-electron chi connectivity index (χ3n) is 1.67. The lowest BCUT2D eigenvalue weighted by Gasteiger charge is -2.06. The SMILES string of the molecule is COc1cccnc1/C(C)=N/NC(N)=S. The maximum atomic E-state index is 5.25. The van der Waals surface area contributed by atoms with Gasteiger partial charge in [0.15, 0.2) is 5.11 Å². The fraction of sp³-hybridized carbons (Fsp3) is 0.222. The van der Waals surface area contributed by atoms with E-state index in [9.17, 15) is 0 Å². The summed E-state index contributed by atoms with van der Waals surface area (Å²) in [5, 5.41) is 4.08. The number of hydrogen-bond donors (Lipinski definition) is 2. The van der Waals surface area contributed by atoms with E-state index < -0.39 is 0 Å². The largest absolute Gasteiger partial charge is 0.494 e.